The average Bonchev–Trinajstić information content (AvgIpc) is 3.73. The van der Waals surface area contributed by atoms with Gasteiger partial charge in [-0.25, -0.2) is 19.0 Å². The number of allylic oxidation sites excluding steroid dienone is 3. The highest BCUT2D eigenvalue weighted by Crippen LogP contribution is 2.66. The second-order valence-electron chi connectivity index (χ2n) is 14.6. The van der Waals surface area contributed by atoms with Crippen molar-refractivity contribution in [1.82, 2.24) is 19.7 Å². The van der Waals surface area contributed by atoms with Gasteiger partial charge in [0.15, 0.2) is 0 Å². The summed E-state index contributed by atoms with van der Waals surface area (Å²) in [6, 6.07) is 10.4. The van der Waals surface area contributed by atoms with Gasteiger partial charge in [-0.05, 0) is 135 Å². The fraction of sp³-hybridized carbons (Fsp3) is 0.487. The SMILES string of the molecule is C/C=C/CCC(=O)C1CCC2C3CCC4=Cc5c(cnn5-c5ccc(F)cc5)CC4(C)C3C(O)CC12C.Cc1nc2cccnc2s1. The number of hydrogen-bond acceptors (Lipinski definition) is 6. The summed E-state index contributed by atoms with van der Waals surface area (Å²) in [5.41, 5.74) is 5.34. The summed E-state index contributed by atoms with van der Waals surface area (Å²) < 4.78 is 15.4. The van der Waals surface area contributed by atoms with E-state index in [9.17, 15) is 14.3 Å². The predicted octanol–water partition coefficient (Wildman–Crippen LogP) is 8.71. The van der Waals surface area contributed by atoms with Crippen LogP contribution in [0.5, 0.6) is 0 Å². The molecule has 3 saturated carbocycles. The molecule has 0 bridgehead atoms. The van der Waals surface area contributed by atoms with Crippen LogP contribution in [0.4, 0.5) is 4.39 Å². The van der Waals surface area contributed by atoms with Crippen molar-refractivity contribution in [1.29, 1.82) is 0 Å². The smallest absolute Gasteiger partial charge is 0.143 e. The van der Waals surface area contributed by atoms with E-state index in [0.717, 1.165) is 71.7 Å². The van der Waals surface area contributed by atoms with Gasteiger partial charge in [0.1, 0.15) is 21.9 Å². The Hall–Kier alpha value is -3.49. The monoisotopic (exact) mass is 652 g/mol. The molecule has 1 aromatic carbocycles. The second kappa shape index (κ2) is 12.5. The molecule has 0 saturated heterocycles. The van der Waals surface area contributed by atoms with E-state index in [1.807, 2.05) is 42.9 Å². The molecule has 0 radical (unpaired) electrons. The van der Waals surface area contributed by atoms with Crippen LogP contribution in [0, 0.1) is 47.2 Å². The lowest BCUT2D eigenvalue weighted by Crippen LogP contribution is -2.57. The molecule has 1 N–H and O–H groups in total. The van der Waals surface area contributed by atoms with Gasteiger partial charge in [-0.15, -0.1) is 0 Å². The van der Waals surface area contributed by atoms with Crippen molar-refractivity contribution in [3.8, 4) is 5.69 Å². The van der Waals surface area contributed by atoms with Crippen LogP contribution in [0.3, 0.4) is 0 Å². The summed E-state index contributed by atoms with van der Waals surface area (Å²) in [4.78, 5) is 22.7. The van der Waals surface area contributed by atoms with Gasteiger partial charge in [0.25, 0.3) is 0 Å². The van der Waals surface area contributed by atoms with Crippen molar-refractivity contribution in [2.24, 2.45) is 34.5 Å². The molecule has 4 aliphatic carbocycles. The van der Waals surface area contributed by atoms with Gasteiger partial charge < -0.3 is 5.11 Å². The lowest BCUT2D eigenvalue weighted by molar-refractivity contribution is -0.142. The van der Waals surface area contributed by atoms with Crippen molar-refractivity contribution in [3.63, 3.8) is 0 Å². The molecule has 0 amide bonds. The first kappa shape index (κ1) is 32.1. The van der Waals surface area contributed by atoms with Gasteiger partial charge in [-0.3, -0.25) is 4.79 Å². The summed E-state index contributed by atoms with van der Waals surface area (Å²) in [6.45, 7) is 8.66. The maximum atomic E-state index is 13.5. The fourth-order valence-electron chi connectivity index (χ4n) is 9.95. The Kier molecular flexibility index (Phi) is 8.54. The Balaban J connectivity index is 0.000000298. The molecule has 246 valence electrons. The molecule has 8 rings (SSSR count). The van der Waals surface area contributed by atoms with Crippen molar-refractivity contribution >= 4 is 33.5 Å². The van der Waals surface area contributed by atoms with E-state index in [4.69, 9.17) is 0 Å². The van der Waals surface area contributed by atoms with E-state index in [1.165, 1.54) is 23.3 Å². The number of Topliss-reactive ketones (excluding diaryl/α,β-unsaturated/α-hetero) is 1. The Morgan fingerprint density at radius 3 is 2.74 bits per heavy atom. The molecule has 0 aliphatic heterocycles. The summed E-state index contributed by atoms with van der Waals surface area (Å²) >= 11 is 1.63. The molecular formula is C39H45FN4O2S. The van der Waals surface area contributed by atoms with Crippen LogP contribution in [0.25, 0.3) is 22.1 Å². The highest BCUT2D eigenvalue weighted by Gasteiger charge is 2.63. The number of fused-ring (bicyclic) bond motifs is 7. The number of aliphatic hydroxyl groups is 1. The summed E-state index contributed by atoms with van der Waals surface area (Å²) in [5.74, 6) is 1.36. The summed E-state index contributed by atoms with van der Waals surface area (Å²) in [7, 11) is 0. The van der Waals surface area contributed by atoms with E-state index >= 15 is 0 Å². The second-order valence-corrected chi connectivity index (χ2v) is 15.8. The van der Waals surface area contributed by atoms with E-state index < -0.39 is 6.10 Å². The molecule has 3 aromatic heterocycles. The molecule has 6 nitrogen and oxygen atoms in total. The van der Waals surface area contributed by atoms with Gasteiger partial charge in [0, 0.05) is 18.5 Å². The van der Waals surface area contributed by atoms with Crippen LogP contribution in [0.1, 0.15) is 82.0 Å². The molecular weight excluding hydrogens is 608 g/mol. The Morgan fingerprint density at radius 2 is 1.98 bits per heavy atom. The van der Waals surface area contributed by atoms with E-state index in [1.54, 1.807) is 29.7 Å². The maximum Gasteiger partial charge on any atom is 0.143 e. The first-order chi connectivity index (χ1) is 22.6. The lowest BCUT2D eigenvalue weighted by Gasteiger charge is -2.59. The number of halogens is 1. The first-order valence-corrected chi connectivity index (χ1v) is 18.0. The van der Waals surface area contributed by atoms with Gasteiger partial charge in [0.05, 0.1) is 28.7 Å². The number of benzene rings is 1. The normalized spacial score (nSPS) is 30.9. The lowest BCUT2D eigenvalue weighted by atomic mass is 9.45. The number of rotatable bonds is 5. The molecule has 4 aliphatic rings. The molecule has 8 heteroatoms. The number of aryl methyl sites for hydroxylation is 1. The number of aromatic nitrogens is 4. The topological polar surface area (TPSA) is 80.9 Å². The van der Waals surface area contributed by atoms with Gasteiger partial charge in [0.2, 0.25) is 0 Å². The number of carbonyl (C=O) groups excluding carboxylic acids is 1. The number of hydrogen-bond donors (Lipinski definition) is 1. The average molecular weight is 653 g/mol. The molecule has 4 aromatic rings. The highest BCUT2D eigenvalue weighted by atomic mass is 32.1. The number of nitrogens with zero attached hydrogens (tertiary/aromatic N) is 4. The Bertz CT molecular complexity index is 1810. The first-order valence-electron chi connectivity index (χ1n) is 17.2. The minimum Gasteiger partial charge on any atom is -0.393 e. The minimum atomic E-state index is -0.405. The Labute approximate surface area is 280 Å². The quantitative estimate of drug-likeness (QED) is 0.218. The van der Waals surface area contributed by atoms with Crippen molar-refractivity contribution in [2.45, 2.75) is 85.2 Å². The molecule has 3 heterocycles. The zero-order valence-corrected chi connectivity index (χ0v) is 28.6. The third kappa shape index (κ3) is 5.61. The largest absolute Gasteiger partial charge is 0.393 e. The number of carbonyl (C=O) groups is 1. The maximum absolute atomic E-state index is 13.5. The molecule has 3 fully saturated rings. The number of aliphatic hydroxyl groups excluding tert-OH is 1. The number of pyridine rings is 1. The van der Waals surface area contributed by atoms with Crippen LogP contribution in [0.2, 0.25) is 0 Å². The Morgan fingerprint density at radius 1 is 1.17 bits per heavy atom. The summed E-state index contributed by atoms with van der Waals surface area (Å²) in [6.07, 6.45) is 16.9. The van der Waals surface area contributed by atoms with Gasteiger partial charge in [-0.2, -0.15) is 5.10 Å². The van der Waals surface area contributed by atoms with Crippen LogP contribution < -0.4 is 0 Å². The highest BCUT2D eigenvalue weighted by molar-refractivity contribution is 7.18. The minimum absolute atomic E-state index is 0.0787. The molecule has 7 unspecified atom stereocenters. The molecule has 0 spiro atoms. The van der Waals surface area contributed by atoms with E-state index in [2.05, 4.69) is 41.1 Å². The van der Waals surface area contributed by atoms with Crippen molar-refractivity contribution in [2.75, 3.05) is 0 Å². The van der Waals surface area contributed by atoms with Crippen LogP contribution in [0.15, 0.2) is 66.5 Å². The van der Waals surface area contributed by atoms with Crippen LogP contribution >= 0.6 is 11.3 Å². The summed E-state index contributed by atoms with van der Waals surface area (Å²) in [5, 5.41) is 17.5. The fourth-order valence-corrected chi connectivity index (χ4v) is 10.7. The van der Waals surface area contributed by atoms with Crippen LogP contribution in [-0.4, -0.2) is 36.7 Å². The van der Waals surface area contributed by atoms with Gasteiger partial charge in [-0.1, -0.05) is 42.9 Å². The van der Waals surface area contributed by atoms with E-state index in [0.29, 0.717) is 24.0 Å². The number of ketones is 1. The third-order valence-corrected chi connectivity index (χ3v) is 12.8. The zero-order valence-electron chi connectivity index (χ0n) is 27.8. The third-order valence-electron chi connectivity index (χ3n) is 11.9. The number of thiazole rings is 1. The zero-order chi connectivity index (χ0) is 32.9. The molecule has 7 atom stereocenters. The van der Waals surface area contributed by atoms with Crippen LogP contribution in [-0.2, 0) is 11.2 Å². The standard InChI is InChI=1S/C32H39FN2O2.C7H6N2S/c1-4-5-6-7-28(36)26-15-14-25-24-13-8-21-16-27-20(19-34-35(27)23-11-9-22(33)10-12-23)17-31(21,2)30(24)29(37)18-32(25,26)3;1-5-9-6-3-2-4-8-7(6)10-5/h4-5,9-12,16,19,24-26,29-30,37H,6-8,13-15,17-18H2,1-3H3;2-4H,1H3/b5-4+;. The van der Waals surface area contributed by atoms with Crippen molar-refractivity contribution in [3.05, 3.63) is 88.6 Å². The molecule has 47 heavy (non-hydrogen) atoms. The van der Waals surface area contributed by atoms with Gasteiger partial charge >= 0.3 is 0 Å². The van der Waals surface area contributed by atoms with E-state index in [-0.39, 0.29) is 28.5 Å². The predicted molar refractivity (Wildman–Crippen MR) is 186 cm³/mol. The van der Waals surface area contributed by atoms with Crippen molar-refractivity contribution < 1.29 is 14.3 Å².